The summed E-state index contributed by atoms with van der Waals surface area (Å²) in [5, 5.41) is 0. The predicted octanol–water partition coefficient (Wildman–Crippen LogP) is 1.28. The van der Waals surface area contributed by atoms with Crippen LogP contribution < -0.4 is 0 Å². The molecule has 1 heterocycles. The molecule has 2 rings (SSSR count). The number of aldehydes is 1. The van der Waals surface area contributed by atoms with Gasteiger partial charge in [0.2, 0.25) is 0 Å². The highest BCUT2D eigenvalue weighted by Crippen LogP contribution is 2.28. The minimum Gasteiger partial charge on any atom is -0.366 e. The first-order valence-corrected chi connectivity index (χ1v) is 5.64. The van der Waals surface area contributed by atoms with Crippen LogP contribution in [0.5, 0.6) is 0 Å². The highest BCUT2D eigenvalue weighted by atomic mass is 16.5. The smallest absolute Gasteiger partial charge is 0.124 e. The summed E-state index contributed by atoms with van der Waals surface area (Å²) in [6, 6.07) is 0. The number of hydrogen-bond donors (Lipinski definition) is 0. The maximum absolute atomic E-state index is 10.6. The van der Waals surface area contributed by atoms with Crippen LogP contribution in [0.4, 0.5) is 0 Å². The summed E-state index contributed by atoms with van der Waals surface area (Å²) in [6.07, 6.45) is 5.97. The third kappa shape index (κ3) is 3.07. The topological polar surface area (TPSA) is 29.5 Å². The highest BCUT2D eigenvalue weighted by Gasteiger charge is 2.23. The molecule has 1 aliphatic carbocycles. The van der Waals surface area contributed by atoms with Crippen molar-refractivity contribution in [3.05, 3.63) is 0 Å². The molecule has 14 heavy (non-hydrogen) atoms. The summed E-state index contributed by atoms with van der Waals surface area (Å²) in [5.74, 6) is 1.08. The van der Waals surface area contributed by atoms with E-state index in [1.807, 2.05) is 0 Å². The third-order valence-corrected chi connectivity index (χ3v) is 3.06. The molecular formula is C11H19NO2. The van der Waals surface area contributed by atoms with E-state index in [-0.39, 0.29) is 5.92 Å². The Kier molecular flexibility index (Phi) is 3.54. The summed E-state index contributed by atoms with van der Waals surface area (Å²) in [6.45, 7) is 3.63. The van der Waals surface area contributed by atoms with Crippen LogP contribution in [-0.2, 0) is 9.53 Å². The number of likely N-dealkylation sites (tertiary alicyclic amines) is 1. The van der Waals surface area contributed by atoms with Gasteiger partial charge in [-0.3, -0.25) is 4.90 Å². The zero-order valence-corrected chi connectivity index (χ0v) is 8.65. The predicted molar refractivity (Wildman–Crippen MR) is 53.9 cm³/mol. The van der Waals surface area contributed by atoms with Crippen LogP contribution in [0, 0.1) is 11.8 Å². The van der Waals surface area contributed by atoms with Gasteiger partial charge in [0.1, 0.15) is 6.29 Å². The van der Waals surface area contributed by atoms with Crippen molar-refractivity contribution in [1.82, 2.24) is 4.90 Å². The van der Waals surface area contributed by atoms with Crippen LogP contribution in [-0.4, -0.2) is 37.6 Å². The lowest BCUT2D eigenvalue weighted by molar-refractivity contribution is -0.113. The molecule has 0 aromatic heterocycles. The summed E-state index contributed by atoms with van der Waals surface area (Å²) in [5.41, 5.74) is 0. The van der Waals surface area contributed by atoms with E-state index in [4.69, 9.17) is 4.74 Å². The average molecular weight is 197 g/mol. The molecule has 3 nitrogen and oxygen atoms in total. The molecule has 1 unspecified atom stereocenters. The zero-order chi connectivity index (χ0) is 9.80. The molecule has 0 radical (unpaired) electrons. The van der Waals surface area contributed by atoms with Crippen LogP contribution >= 0.6 is 0 Å². The minimum atomic E-state index is 0.244. The van der Waals surface area contributed by atoms with Gasteiger partial charge in [0.05, 0.1) is 13.3 Å². The lowest BCUT2D eigenvalue weighted by atomic mass is 10.0. The number of carbonyl (C=O) groups is 1. The van der Waals surface area contributed by atoms with Crippen molar-refractivity contribution >= 4 is 6.29 Å². The second-order valence-electron chi connectivity index (χ2n) is 4.56. The van der Waals surface area contributed by atoms with Crippen LogP contribution in [0.1, 0.15) is 25.7 Å². The Balaban J connectivity index is 1.60. The number of hydrogen-bond acceptors (Lipinski definition) is 3. The Morgan fingerprint density at radius 1 is 1.36 bits per heavy atom. The molecule has 2 fully saturated rings. The number of rotatable bonds is 5. The molecule has 1 saturated heterocycles. The molecule has 1 aliphatic heterocycles. The molecular weight excluding hydrogens is 178 g/mol. The van der Waals surface area contributed by atoms with Crippen molar-refractivity contribution in [3.63, 3.8) is 0 Å². The second kappa shape index (κ2) is 4.89. The first-order valence-electron chi connectivity index (χ1n) is 5.64. The SMILES string of the molecule is O=CC1CCCN(COCC2CC2)C1. The van der Waals surface area contributed by atoms with E-state index in [1.54, 1.807) is 0 Å². The lowest BCUT2D eigenvalue weighted by Crippen LogP contribution is -2.37. The van der Waals surface area contributed by atoms with E-state index >= 15 is 0 Å². The van der Waals surface area contributed by atoms with Crippen LogP contribution in [0.3, 0.4) is 0 Å². The molecule has 0 aromatic rings. The second-order valence-corrected chi connectivity index (χ2v) is 4.56. The molecule has 80 valence electrons. The van der Waals surface area contributed by atoms with Gasteiger partial charge in [-0.2, -0.15) is 0 Å². The standard InChI is InChI=1S/C11H19NO2/c13-7-11-2-1-5-12(6-11)9-14-8-10-3-4-10/h7,10-11H,1-6,8-9H2. The fourth-order valence-electron chi connectivity index (χ4n) is 1.95. The van der Waals surface area contributed by atoms with E-state index in [0.717, 1.165) is 51.5 Å². The summed E-state index contributed by atoms with van der Waals surface area (Å²) in [7, 11) is 0. The van der Waals surface area contributed by atoms with Crippen LogP contribution in [0.15, 0.2) is 0 Å². The molecule has 1 atom stereocenters. The quantitative estimate of drug-likeness (QED) is 0.622. The normalized spacial score (nSPS) is 29.0. The summed E-state index contributed by atoms with van der Waals surface area (Å²) in [4.78, 5) is 12.9. The number of carbonyl (C=O) groups excluding carboxylic acids is 1. The lowest BCUT2D eigenvalue weighted by Gasteiger charge is -2.29. The Bertz CT molecular complexity index is 192. The van der Waals surface area contributed by atoms with Crippen molar-refractivity contribution in [1.29, 1.82) is 0 Å². The van der Waals surface area contributed by atoms with Gasteiger partial charge in [-0.1, -0.05) is 0 Å². The van der Waals surface area contributed by atoms with Crippen molar-refractivity contribution in [2.24, 2.45) is 11.8 Å². The van der Waals surface area contributed by atoms with Gasteiger partial charge >= 0.3 is 0 Å². The van der Waals surface area contributed by atoms with Gasteiger partial charge in [-0.25, -0.2) is 0 Å². The zero-order valence-electron chi connectivity index (χ0n) is 8.65. The Labute approximate surface area is 85.4 Å². The fourth-order valence-corrected chi connectivity index (χ4v) is 1.95. The van der Waals surface area contributed by atoms with Gasteiger partial charge in [-0.15, -0.1) is 0 Å². The molecule has 1 saturated carbocycles. The first kappa shape index (κ1) is 10.1. The van der Waals surface area contributed by atoms with E-state index < -0.39 is 0 Å². The van der Waals surface area contributed by atoms with Crippen molar-refractivity contribution < 1.29 is 9.53 Å². The monoisotopic (exact) mass is 197 g/mol. The average Bonchev–Trinajstić information content (AvgIpc) is 3.02. The molecule has 0 aromatic carbocycles. The van der Waals surface area contributed by atoms with Crippen molar-refractivity contribution in [2.45, 2.75) is 25.7 Å². The number of ether oxygens (including phenoxy) is 1. The van der Waals surface area contributed by atoms with Gasteiger partial charge in [0.25, 0.3) is 0 Å². The van der Waals surface area contributed by atoms with Crippen molar-refractivity contribution in [3.8, 4) is 0 Å². The third-order valence-electron chi connectivity index (χ3n) is 3.06. The van der Waals surface area contributed by atoms with Gasteiger partial charge in [0, 0.05) is 19.0 Å². The Hall–Kier alpha value is -0.410. The van der Waals surface area contributed by atoms with E-state index in [9.17, 15) is 4.79 Å². The maximum Gasteiger partial charge on any atom is 0.124 e. The molecule has 0 bridgehead atoms. The van der Waals surface area contributed by atoms with Crippen LogP contribution in [0.25, 0.3) is 0 Å². The fraction of sp³-hybridized carbons (Fsp3) is 0.909. The molecule has 0 amide bonds. The number of nitrogens with zero attached hydrogens (tertiary/aromatic N) is 1. The minimum absolute atomic E-state index is 0.244. The first-order chi connectivity index (χ1) is 6.88. The molecule has 3 heteroatoms. The molecule has 2 aliphatic rings. The maximum atomic E-state index is 10.6. The van der Waals surface area contributed by atoms with Gasteiger partial charge in [-0.05, 0) is 31.6 Å². The number of piperidine rings is 1. The van der Waals surface area contributed by atoms with E-state index in [2.05, 4.69) is 4.90 Å². The summed E-state index contributed by atoms with van der Waals surface area (Å²) >= 11 is 0. The van der Waals surface area contributed by atoms with E-state index in [0.29, 0.717) is 0 Å². The van der Waals surface area contributed by atoms with Crippen LogP contribution in [0.2, 0.25) is 0 Å². The molecule has 0 spiro atoms. The molecule has 0 N–H and O–H groups in total. The van der Waals surface area contributed by atoms with Crippen molar-refractivity contribution in [2.75, 3.05) is 26.4 Å². The Morgan fingerprint density at radius 3 is 2.93 bits per heavy atom. The van der Waals surface area contributed by atoms with Gasteiger partial charge in [0.15, 0.2) is 0 Å². The van der Waals surface area contributed by atoms with E-state index in [1.165, 1.54) is 12.8 Å². The highest BCUT2D eigenvalue weighted by molar-refractivity contribution is 5.53. The Morgan fingerprint density at radius 2 is 2.21 bits per heavy atom. The largest absolute Gasteiger partial charge is 0.366 e. The summed E-state index contributed by atoms with van der Waals surface area (Å²) < 4.78 is 5.60. The van der Waals surface area contributed by atoms with Gasteiger partial charge < -0.3 is 9.53 Å².